The molecule has 1 amide bonds. The molecule has 2 aromatic carbocycles. The molecule has 116 valence electrons. The molecule has 0 atom stereocenters. The van der Waals surface area contributed by atoms with E-state index in [1.165, 1.54) is 37.4 Å². The lowest BCUT2D eigenvalue weighted by Gasteiger charge is -2.12. The number of halogens is 3. The molecule has 2 aromatic rings. The number of rotatable bonds is 5. The molecule has 0 radical (unpaired) electrons. The lowest BCUT2D eigenvalue weighted by molar-refractivity contribution is -0.0493. The van der Waals surface area contributed by atoms with Crippen molar-refractivity contribution in [2.75, 3.05) is 12.4 Å². The molecule has 0 fully saturated rings. The molecule has 7 heteroatoms. The van der Waals surface area contributed by atoms with Crippen LogP contribution in [0, 0.1) is 5.82 Å². The highest BCUT2D eigenvalue weighted by Crippen LogP contribution is 2.26. The molecule has 0 unspecified atom stereocenters. The van der Waals surface area contributed by atoms with E-state index < -0.39 is 18.3 Å². The number of methoxy groups -OCH3 is 1. The van der Waals surface area contributed by atoms with E-state index in [4.69, 9.17) is 4.74 Å². The highest BCUT2D eigenvalue weighted by atomic mass is 19.3. The third-order valence-electron chi connectivity index (χ3n) is 2.77. The van der Waals surface area contributed by atoms with Crippen LogP contribution in [-0.2, 0) is 0 Å². The van der Waals surface area contributed by atoms with E-state index in [2.05, 4.69) is 10.1 Å². The van der Waals surface area contributed by atoms with E-state index in [0.29, 0.717) is 0 Å². The third kappa shape index (κ3) is 3.69. The van der Waals surface area contributed by atoms with Crippen LogP contribution < -0.4 is 14.8 Å². The number of carbonyl (C=O) groups is 1. The predicted molar refractivity (Wildman–Crippen MR) is 74.0 cm³/mol. The molecule has 0 aliphatic rings. The van der Waals surface area contributed by atoms with Crippen molar-refractivity contribution >= 4 is 11.6 Å². The molecule has 0 saturated heterocycles. The largest absolute Gasteiger partial charge is 0.494 e. The Bertz CT molecular complexity index is 677. The summed E-state index contributed by atoms with van der Waals surface area (Å²) in [5, 5.41) is 2.39. The molecular weight excluding hydrogens is 299 g/mol. The molecule has 0 aromatic heterocycles. The summed E-state index contributed by atoms with van der Waals surface area (Å²) in [5.41, 5.74) is 0.0779. The lowest BCUT2D eigenvalue weighted by Crippen LogP contribution is -2.14. The van der Waals surface area contributed by atoms with Gasteiger partial charge in [0.15, 0.2) is 11.6 Å². The first-order chi connectivity index (χ1) is 10.5. The van der Waals surface area contributed by atoms with E-state index in [1.54, 1.807) is 6.07 Å². The van der Waals surface area contributed by atoms with Crippen molar-refractivity contribution in [3.05, 3.63) is 53.8 Å². The fraction of sp³-hybridized carbons (Fsp3) is 0.133. The van der Waals surface area contributed by atoms with Crippen molar-refractivity contribution in [3.8, 4) is 11.5 Å². The van der Waals surface area contributed by atoms with E-state index in [1.807, 2.05) is 0 Å². The van der Waals surface area contributed by atoms with Crippen LogP contribution in [0.15, 0.2) is 42.5 Å². The minimum Gasteiger partial charge on any atom is -0.494 e. The Kier molecular flexibility index (Phi) is 4.88. The number of hydrogen-bond acceptors (Lipinski definition) is 3. The summed E-state index contributed by atoms with van der Waals surface area (Å²) in [5.74, 6) is -1.54. The van der Waals surface area contributed by atoms with Crippen LogP contribution in [0.2, 0.25) is 0 Å². The van der Waals surface area contributed by atoms with Gasteiger partial charge in [0, 0.05) is 5.56 Å². The number of benzene rings is 2. The second-order valence-electron chi connectivity index (χ2n) is 4.18. The molecule has 0 bridgehead atoms. The maximum absolute atomic E-state index is 13.6. The van der Waals surface area contributed by atoms with Gasteiger partial charge in [-0.3, -0.25) is 4.79 Å². The zero-order valence-corrected chi connectivity index (χ0v) is 11.5. The summed E-state index contributed by atoms with van der Waals surface area (Å²) < 4.78 is 47.2. The van der Waals surface area contributed by atoms with Crippen molar-refractivity contribution in [2.24, 2.45) is 0 Å². The number of para-hydroxylation sites is 2. The maximum atomic E-state index is 13.6. The van der Waals surface area contributed by atoms with Crippen molar-refractivity contribution in [1.82, 2.24) is 0 Å². The normalized spacial score (nSPS) is 10.4. The SMILES string of the molecule is COc1ccc(C(=O)Nc2ccccc2OC(F)F)cc1F. The number of anilines is 1. The molecule has 0 saturated carbocycles. The molecule has 4 nitrogen and oxygen atoms in total. The molecular formula is C15H12F3NO3. The Hall–Kier alpha value is -2.70. The Morgan fingerprint density at radius 2 is 1.86 bits per heavy atom. The van der Waals surface area contributed by atoms with Crippen LogP contribution in [0.1, 0.15) is 10.4 Å². The fourth-order valence-electron chi connectivity index (χ4n) is 1.77. The minimum atomic E-state index is -3.02. The first-order valence-corrected chi connectivity index (χ1v) is 6.20. The summed E-state index contributed by atoms with van der Waals surface area (Å²) in [6.07, 6.45) is 0. The van der Waals surface area contributed by atoms with Gasteiger partial charge in [-0.2, -0.15) is 8.78 Å². The smallest absolute Gasteiger partial charge is 0.387 e. The molecule has 0 spiro atoms. The number of alkyl halides is 2. The van der Waals surface area contributed by atoms with Crippen molar-refractivity contribution in [1.29, 1.82) is 0 Å². The van der Waals surface area contributed by atoms with Crippen LogP contribution in [0.4, 0.5) is 18.9 Å². The van der Waals surface area contributed by atoms with Gasteiger partial charge in [-0.15, -0.1) is 0 Å². The topological polar surface area (TPSA) is 47.6 Å². The van der Waals surface area contributed by atoms with Crippen LogP contribution in [0.5, 0.6) is 11.5 Å². The zero-order chi connectivity index (χ0) is 16.1. The summed E-state index contributed by atoms with van der Waals surface area (Å²) in [4.78, 5) is 12.0. The highest BCUT2D eigenvalue weighted by Gasteiger charge is 2.14. The summed E-state index contributed by atoms with van der Waals surface area (Å²) in [7, 11) is 1.30. The van der Waals surface area contributed by atoms with Gasteiger partial charge in [0.1, 0.15) is 5.75 Å². The van der Waals surface area contributed by atoms with Crippen LogP contribution in [-0.4, -0.2) is 19.6 Å². The average molecular weight is 311 g/mol. The van der Waals surface area contributed by atoms with Gasteiger partial charge < -0.3 is 14.8 Å². The van der Waals surface area contributed by atoms with E-state index >= 15 is 0 Å². The minimum absolute atomic E-state index is 0.00187. The maximum Gasteiger partial charge on any atom is 0.387 e. The number of hydrogen-bond donors (Lipinski definition) is 1. The summed E-state index contributed by atoms with van der Waals surface area (Å²) in [6, 6.07) is 9.36. The van der Waals surface area contributed by atoms with E-state index in [-0.39, 0.29) is 22.7 Å². The number of carbonyl (C=O) groups excluding carboxylic acids is 1. The van der Waals surface area contributed by atoms with Crippen LogP contribution in [0.25, 0.3) is 0 Å². The second-order valence-corrected chi connectivity index (χ2v) is 4.18. The lowest BCUT2D eigenvalue weighted by atomic mass is 10.2. The summed E-state index contributed by atoms with van der Waals surface area (Å²) >= 11 is 0. The molecule has 2 rings (SSSR count). The first kappa shape index (κ1) is 15.7. The third-order valence-corrected chi connectivity index (χ3v) is 2.77. The monoisotopic (exact) mass is 311 g/mol. The van der Waals surface area contributed by atoms with Gasteiger partial charge in [0.05, 0.1) is 12.8 Å². The van der Waals surface area contributed by atoms with Gasteiger partial charge in [0.2, 0.25) is 0 Å². The van der Waals surface area contributed by atoms with Crippen molar-refractivity contribution < 1.29 is 27.4 Å². The highest BCUT2D eigenvalue weighted by molar-refractivity contribution is 6.05. The summed E-state index contributed by atoms with van der Waals surface area (Å²) in [6.45, 7) is -3.02. The van der Waals surface area contributed by atoms with Crippen LogP contribution >= 0.6 is 0 Å². The quantitative estimate of drug-likeness (QED) is 0.916. The Labute approximate surface area is 124 Å². The molecule has 1 N–H and O–H groups in total. The van der Waals surface area contributed by atoms with Gasteiger partial charge in [-0.05, 0) is 30.3 Å². The number of ether oxygens (including phenoxy) is 2. The second kappa shape index (κ2) is 6.84. The number of amides is 1. The van der Waals surface area contributed by atoms with Crippen LogP contribution in [0.3, 0.4) is 0 Å². The molecule has 22 heavy (non-hydrogen) atoms. The molecule has 0 heterocycles. The van der Waals surface area contributed by atoms with Gasteiger partial charge in [-0.25, -0.2) is 4.39 Å². The Balaban J connectivity index is 2.20. The van der Waals surface area contributed by atoms with Gasteiger partial charge in [-0.1, -0.05) is 12.1 Å². The Morgan fingerprint density at radius 3 is 2.50 bits per heavy atom. The first-order valence-electron chi connectivity index (χ1n) is 6.20. The van der Waals surface area contributed by atoms with Gasteiger partial charge in [0.25, 0.3) is 5.91 Å². The number of nitrogens with one attached hydrogen (secondary N) is 1. The molecule has 0 aliphatic heterocycles. The molecule has 0 aliphatic carbocycles. The predicted octanol–water partition coefficient (Wildman–Crippen LogP) is 3.69. The standard InChI is InChI=1S/C15H12F3NO3/c1-21-12-7-6-9(8-10(12)16)14(20)19-11-4-2-3-5-13(11)22-15(17)18/h2-8,15H,1H3,(H,19,20). The average Bonchev–Trinajstić information content (AvgIpc) is 2.48. The van der Waals surface area contributed by atoms with E-state index in [0.717, 1.165) is 6.07 Å². The van der Waals surface area contributed by atoms with Crippen molar-refractivity contribution in [3.63, 3.8) is 0 Å². The van der Waals surface area contributed by atoms with Gasteiger partial charge >= 0.3 is 6.61 Å². The van der Waals surface area contributed by atoms with Crippen molar-refractivity contribution in [2.45, 2.75) is 6.61 Å². The Morgan fingerprint density at radius 1 is 1.14 bits per heavy atom. The zero-order valence-electron chi connectivity index (χ0n) is 11.5. The fourth-order valence-corrected chi connectivity index (χ4v) is 1.77. The van der Waals surface area contributed by atoms with E-state index in [9.17, 15) is 18.0 Å².